The molecule has 0 saturated carbocycles. The minimum Gasteiger partial charge on any atom is -0.370 e. The van der Waals surface area contributed by atoms with Gasteiger partial charge in [-0.2, -0.15) is 0 Å². The van der Waals surface area contributed by atoms with Crippen molar-refractivity contribution in [1.29, 1.82) is 0 Å². The molecule has 5 heteroatoms. The molecule has 2 aromatic rings. The smallest absolute Gasteiger partial charge is 0.161 e. The summed E-state index contributed by atoms with van der Waals surface area (Å²) in [6, 6.07) is 2.06. The largest absolute Gasteiger partial charge is 0.370 e. The fourth-order valence-corrected chi connectivity index (χ4v) is 2.51. The summed E-state index contributed by atoms with van der Waals surface area (Å²) in [5.41, 5.74) is 8.80. The van der Waals surface area contributed by atoms with Gasteiger partial charge in [0.05, 0.1) is 12.2 Å². The molecule has 90 valence electrons. The van der Waals surface area contributed by atoms with Crippen LogP contribution in [0.1, 0.15) is 18.7 Å². The van der Waals surface area contributed by atoms with E-state index in [4.69, 9.17) is 5.73 Å². The van der Waals surface area contributed by atoms with Crippen LogP contribution in [0.25, 0.3) is 11.2 Å². The molecule has 0 atom stereocenters. The van der Waals surface area contributed by atoms with Crippen molar-refractivity contribution in [3.63, 3.8) is 0 Å². The molecule has 0 unspecified atom stereocenters. The number of aryl methyl sites for hydroxylation is 1. The van der Waals surface area contributed by atoms with Gasteiger partial charge >= 0.3 is 0 Å². The first-order valence-electron chi connectivity index (χ1n) is 6.06. The summed E-state index contributed by atoms with van der Waals surface area (Å²) in [7, 11) is 1.97. The van der Waals surface area contributed by atoms with E-state index in [1.165, 1.54) is 18.5 Å². The molecule has 17 heavy (non-hydrogen) atoms. The van der Waals surface area contributed by atoms with Crippen LogP contribution in [0.3, 0.4) is 0 Å². The molecule has 1 aliphatic rings. The van der Waals surface area contributed by atoms with E-state index in [0.29, 0.717) is 6.54 Å². The summed E-state index contributed by atoms with van der Waals surface area (Å²) in [4.78, 5) is 11.4. The van der Waals surface area contributed by atoms with Crippen LogP contribution >= 0.6 is 0 Å². The molecule has 0 spiro atoms. The zero-order chi connectivity index (χ0) is 11.8. The predicted molar refractivity (Wildman–Crippen MR) is 67.8 cm³/mol. The third kappa shape index (κ3) is 1.58. The third-order valence-electron chi connectivity index (χ3n) is 3.46. The van der Waals surface area contributed by atoms with E-state index >= 15 is 0 Å². The van der Waals surface area contributed by atoms with Gasteiger partial charge in [0.15, 0.2) is 5.65 Å². The Bertz CT molecular complexity index is 539. The Morgan fingerprint density at radius 2 is 2.12 bits per heavy atom. The van der Waals surface area contributed by atoms with Crippen LogP contribution in [-0.2, 0) is 13.6 Å². The van der Waals surface area contributed by atoms with Crippen molar-refractivity contribution >= 4 is 16.9 Å². The molecule has 1 aliphatic heterocycles. The van der Waals surface area contributed by atoms with Crippen molar-refractivity contribution in [2.45, 2.75) is 19.4 Å². The summed E-state index contributed by atoms with van der Waals surface area (Å²) < 4.78 is 1.98. The molecule has 2 aromatic heterocycles. The molecule has 5 nitrogen and oxygen atoms in total. The maximum Gasteiger partial charge on any atom is 0.161 e. The van der Waals surface area contributed by atoms with Crippen molar-refractivity contribution in [3.05, 3.63) is 18.1 Å². The van der Waals surface area contributed by atoms with Gasteiger partial charge in [0.2, 0.25) is 0 Å². The van der Waals surface area contributed by atoms with E-state index in [1.807, 2.05) is 17.8 Å². The number of nitrogens with zero attached hydrogens (tertiary/aromatic N) is 4. The molecule has 0 radical (unpaired) electrons. The topological polar surface area (TPSA) is 60.0 Å². The van der Waals surface area contributed by atoms with E-state index in [1.54, 1.807) is 0 Å². The number of rotatable bonds is 2. The third-order valence-corrected chi connectivity index (χ3v) is 3.46. The lowest BCUT2D eigenvalue weighted by atomic mass is 10.3. The molecule has 3 rings (SSSR count). The highest BCUT2D eigenvalue weighted by Crippen LogP contribution is 2.27. The summed E-state index contributed by atoms with van der Waals surface area (Å²) in [5.74, 6) is 0.888. The molecule has 1 fully saturated rings. The normalized spacial score (nSPS) is 16.0. The van der Waals surface area contributed by atoms with Gasteiger partial charge in [0, 0.05) is 26.3 Å². The van der Waals surface area contributed by atoms with Crippen LogP contribution in [0.4, 0.5) is 5.69 Å². The molecule has 3 heterocycles. The van der Waals surface area contributed by atoms with Crippen LogP contribution in [0.5, 0.6) is 0 Å². The molecular formula is C12H17N5. The van der Waals surface area contributed by atoms with Crippen LogP contribution in [-0.4, -0.2) is 27.6 Å². The van der Waals surface area contributed by atoms with Gasteiger partial charge in [0.25, 0.3) is 0 Å². The van der Waals surface area contributed by atoms with Crippen molar-refractivity contribution in [1.82, 2.24) is 14.5 Å². The zero-order valence-corrected chi connectivity index (χ0v) is 10.1. The highest BCUT2D eigenvalue weighted by Gasteiger charge is 2.18. The first-order valence-corrected chi connectivity index (χ1v) is 6.06. The SMILES string of the molecule is Cn1c(CN)nc2c(N3CCCC3)ccnc21. The van der Waals surface area contributed by atoms with Gasteiger partial charge in [-0.05, 0) is 18.9 Å². The fourth-order valence-electron chi connectivity index (χ4n) is 2.51. The van der Waals surface area contributed by atoms with E-state index in [9.17, 15) is 0 Å². The molecule has 0 aliphatic carbocycles. The second kappa shape index (κ2) is 4.00. The van der Waals surface area contributed by atoms with Crippen LogP contribution in [0, 0.1) is 0 Å². The van der Waals surface area contributed by atoms with Gasteiger partial charge in [-0.15, -0.1) is 0 Å². The number of nitrogens with two attached hydrogens (primary N) is 1. The molecule has 1 saturated heterocycles. The average molecular weight is 231 g/mol. The Balaban J connectivity index is 2.18. The van der Waals surface area contributed by atoms with Gasteiger partial charge in [-0.25, -0.2) is 9.97 Å². The summed E-state index contributed by atoms with van der Waals surface area (Å²) in [6.07, 6.45) is 4.39. The number of fused-ring (bicyclic) bond motifs is 1. The highest BCUT2D eigenvalue weighted by atomic mass is 15.2. The minimum atomic E-state index is 0.451. The highest BCUT2D eigenvalue weighted by molar-refractivity contribution is 5.86. The lowest BCUT2D eigenvalue weighted by Gasteiger charge is -2.17. The second-order valence-corrected chi connectivity index (χ2v) is 4.49. The quantitative estimate of drug-likeness (QED) is 0.838. The molecule has 0 amide bonds. The van der Waals surface area contributed by atoms with Crippen molar-refractivity contribution < 1.29 is 0 Å². The number of hydrogen-bond acceptors (Lipinski definition) is 4. The monoisotopic (exact) mass is 231 g/mol. The molecule has 0 bridgehead atoms. The van der Waals surface area contributed by atoms with Crippen molar-refractivity contribution in [2.75, 3.05) is 18.0 Å². The average Bonchev–Trinajstić information content (AvgIpc) is 2.97. The van der Waals surface area contributed by atoms with Crippen molar-refractivity contribution in [2.24, 2.45) is 12.8 Å². The Morgan fingerprint density at radius 3 is 2.82 bits per heavy atom. The number of aromatic nitrogens is 3. The standard InChI is InChI=1S/C12H17N5/c1-16-10(8-13)15-11-9(4-5-14-12(11)16)17-6-2-3-7-17/h4-5H,2-3,6-8,13H2,1H3. The zero-order valence-electron chi connectivity index (χ0n) is 10.1. The number of anilines is 1. The van der Waals surface area contributed by atoms with Crippen LogP contribution in [0.2, 0.25) is 0 Å². The van der Waals surface area contributed by atoms with E-state index < -0.39 is 0 Å². The molecule has 2 N–H and O–H groups in total. The predicted octanol–water partition coefficient (Wildman–Crippen LogP) is 1.03. The summed E-state index contributed by atoms with van der Waals surface area (Å²) in [5, 5.41) is 0. The van der Waals surface area contributed by atoms with Gasteiger partial charge < -0.3 is 15.2 Å². The van der Waals surface area contributed by atoms with Crippen LogP contribution < -0.4 is 10.6 Å². The first-order chi connectivity index (χ1) is 8.31. The molecule has 0 aromatic carbocycles. The van der Waals surface area contributed by atoms with E-state index in [2.05, 4.69) is 20.9 Å². The van der Waals surface area contributed by atoms with Gasteiger partial charge in [-0.3, -0.25) is 0 Å². The molecular weight excluding hydrogens is 214 g/mol. The number of hydrogen-bond donors (Lipinski definition) is 1. The van der Waals surface area contributed by atoms with Crippen LogP contribution in [0.15, 0.2) is 12.3 Å². The Labute approximate surface area is 100 Å². The summed E-state index contributed by atoms with van der Waals surface area (Å²) >= 11 is 0. The Hall–Kier alpha value is -1.62. The first kappa shape index (κ1) is 10.5. The fraction of sp³-hybridized carbons (Fsp3) is 0.500. The maximum absolute atomic E-state index is 5.69. The lowest BCUT2D eigenvalue weighted by Crippen LogP contribution is -2.18. The maximum atomic E-state index is 5.69. The van der Waals surface area contributed by atoms with Crippen molar-refractivity contribution in [3.8, 4) is 0 Å². The Kier molecular flexibility index (Phi) is 2.48. The van der Waals surface area contributed by atoms with Gasteiger partial charge in [-0.1, -0.05) is 0 Å². The number of imidazole rings is 1. The Morgan fingerprint density at radius 1 is 1.35 bits per heavy atom. The van der Waals surface area contributed by atoms with Gasteiger partial charge in [0.1, 0.15) is 11.3 Å². The number of pyridine rings is 1. The summed E-state index contributed by atoms with van der Waals surface area (Å²) in [6.45, 7) is 2.69. The minimum absolute atomic E-state index is 0.451. The lowest BCUT2D eigenvalue weighted by molar-refractivity contribution is 0.806. The van der Waals surface area contributed by atoms with E-state index in [0.717, 1.165) is 30.1 Å². The second-order valence-electron chi connectivity index (χ2n) is 4.49. The van der Waals surface area contributed by atoms with E-state index in [-0.39, 0.29) is 0 Å².